The second kappa shape index (κ2) is 25.6. The van der Waals surface area contributed by atoms with Crippen LogP contribution in [0.25, 0.3) is 11.2 Å². The molecule has 0 spiro atoms. The normalized spacial score (nSPS) is 20.0. The number of aromatic nitrogens is 4. The number of nitrogens with two attached hydrogens (primary N) is 2. The third-order valence-corrected chi connectivity index (χ3v) is 13.9. The van der Waals surface area contributed by atoms with Crippen LogP contribution in [0.3, 0.4) is 0 Å². The highest BCUT2D eigenvalue weighted by Gasteiger charge is 2.50. The van der Waals surface area contributed by atoms with Gasteiger partial charge in [-0.15, -0.1) is 0 Å². The predicted octanol–water partition coefficient (Wildman–Crippen LogP) is -1.29. The molecule has 0 aliphatic carbocycles. The van der Waals surface area contributed by atoms with Crippen molar-refractivity contribution < 1.29 is 90.1 Å². The maximum absolute atomic E-state index is 12.7. The van der Waals surface area contributed by atoms with Crippen LogP contribution in [0.15, 0.2) is 43.0 Å². The number of benzene rings is 1. The summed E-state index contributed by atoms with van der Waals surface area (Å²) in [6.45, 7) is 0.697. The number of anilines is 1. The van der Waals surface area contributed by atoms with Gasteiger partial charge in [-0.1, -0.05) is 32.0 Å². The monoisotopic (exact) mass is 1060 g/mol. The highest BCUT2D eigenvalue weighted by atomic mass is 32.2. The van der Waals surface area contributed by atoms with E-state index < -0.39 is 102 Å². The summed E-state index contributed by atoms with van der Waals surface area (Å²) < 4.78 is 62.3. The molecule has 384 valence electrons. The van der Waals surface area contributed by atoms with E-state index in [0.717, 1.165) is 17.2 Å². The van der Waals surface area contributed by atoms with Crippen LogP contribution in [-0.4, -0.2) is 154 Å². The van der Waals surface area contributed by atoms with Gasteiger partial charge in [0.05, 0.1) is 25.3 Å². The summed E-state index contributed by atoms with van der Waals surface area (Å²) in [5.74, 6) is -2.38. The number of primary amides is 1. The fourth-order valence-electron chi connectivity index (χ4n) is 6.24. The van der Waals surface area contributed by atoms with Crippen LogP contribution in [0.2, 0.25) is 0 Å². The minimum atomic E-state index is -5.60. The molecular weight excluding hydrogens is 1000 g/mol. The van der Waals surface area contributed by atoms with Crippen molar-refractivity contribution in [1.82, 2.24) is 40.8 Å². The van der Waals surface area contributed by atoms with E-state index >= 15 is 0 Å². The largest absolute Gasteiger partial charge is 0.481 e. The number of unbranched alkanes of at least 4 members (excludes halogenated alkanes) is 1. The van der Waals surface area contributed by atoms with Crippen molar-refractivity contribution in [2.24, 2.45) is 11.1 Å². The lowest BCUT2D eigenvalue weighted by Gasteiger charge is -2.30. The molecule has 1 aliphatic heterocycles. The van der Waals surface area contributed by atoms with Crippen molar-refractivity contribution in [2.75, 3.05) is 50.1 Å². The van der Waals surface area contributed by atoms with E-state index in [1.165, 1.54) is 25.6 Å². The molecule has 33 heteroatoms. The molecule has 0 radical (unpaired) electrons. The smallest absolute Gasteiger partial charge is 0.386 e. The first-order chi connectivity index (χ1) is 32.3. The molecule has 2 aromatic heterocycles. The lowest BCUT2D eigenvalue weighted by Crippen LogP contribution is -2.46. The molecule has 5 amide bonds. The van der Waals surface area contributed by atoms with Crippen LogP contribution < -0.4 is 32.7 Å². The number of fused-ring (bicyclic) bond motifs is 1. The number of imidazole rings is 1. The zero-order chi connectivity index (χ0) is 51.2. The van der Waals surface area contributed by atoms with Crippen molar-refractivity contribution in [3.63, 3.8) is 0 Å². The average Bonchev–Trinajstić information content (AvgIpc) is 3.83. The third-order valence-electron chi connectivity index (χ3n) is 9.81. The molecule has 1 saturated heterocycles. The van der Waals surface area contributed by atoms with Crippen molar-refractivity contribution >= 4 is 81.7 Å². The van der Waals surface area contributed by atoms with Gasteiger partial charge in [-0.2, -0.15) is 16.1 Å². The van der Waals surface area contributed by atoms with E-state index in [2.05, 4.69) is 45.1 Å². The van der Waals surface area contributed by atoms with Gasteiger partial charge in [-0.25, -0.2) is 28.6 Å². The van der Waals surface area contributed by atoms with Gasteiger partial charge >= 0.3 is 23.5 Å². The number of hydrogen-bond acceptors (Lipinski definition) is 20. The molecule has 2 unspecified atom stereocenters. The van der Waals surface area contributed by atoms with Crippen LogP contribution in [0, 0.1) is 5.41 Å². The summed E-state index contributed by atoms with van der Waals surface area (Å²) in [7, 11) is -16.5. The maximum atomic E-state index is 12.7. The summed E-state index contributed by atoms with van der Waals surface area (Å²) >= 11 is 1.25. The molecule has 8 atom stereocenters. The Morgan fingerprint density at radius 1 is 0.928 bits per heavy atom. The number of nitrogens with zero attached hydrogens (tertiary/aromatic N) is 4. The van der Waals surface area contributed by atoms with E-state index in [9.17, 15) is 67.5 Å². The van der Waals surface area contributed by atoms with Crippen LogP contribution in [0.5, 0.6) is 0 Å². The third kappa shape index (κ3) is 18.3. The summed E-state index contributed by atoms with van der Waals surface area (Å²) in [5.41, 5.74) is 10.0. The summed E-state index contributed by atoms with van der Waals surface area (Å²) in [6.07, 6.45) is -5.74. The number of phosphoric acid groups is 3. The Balaban J connectivity index is 1.10. The van der Waals surface area contributed by atoms with Gasteiger partial charge in [0, 0.05) is 42.8 Å². The number of aliphatic hydroxyl groups excluding tert-OH is 2. The Kier molecular flexibility index (Phi) is 21.2. The van der Waals surface area contributed by atoms with Gasteiger partial charge in [-0.05, 0) is 31.4 Å². The lowest BCUT2D eigenvalue weighted by atomic mass is 9.87. The number of carbonyl (C=O) groups is 5. The molecule has 1 aliphatic rings. The van der Waals surface area contributed by atoms with E-state index in [0.29, 0.717) is 37.1 Å². The van der Waals surface area contributed by atoms with Crippen molar-refractivity contribution in [3.05, 3.63) is 48.5 Å². The first kappa shape index (κ1) is 57.1. The Bertz CT molecular complexity index is 2400. The Labute approximate surface area is 397 Å². The minimum Gasteiger partial charge on any atom is -0.386 e. The minimum absolute atomic E-state index is 0.0186. The summed E-state index contributed by atoms with van der Waals surface area (Å²) in [5, 5.41) is 31.9. The molecule has 3 heterocycles. The standard InChI is InChI=1S/C36H55N10O19P3S/c1-36(2,18-62-68(59,60)65-67(57,58)61-16-23-28(64-66(54,55)56)27(49)35(63-23)46-20-44-26-30(37)42-19-43-32(26)46)29(50)34(53)41-13-11-24(47)40-14-15-69-17-25(48)39-12-7-6-10-22(31(38)51)45-33(52)21-8-4-3-5-9-21/h3-5,8-9,19-20,22-23,27-29,35,49-50H,6-7,10-18H2,1-2H3,(H2,38,51)(H,39,48)(H,40,47)(H,41,53)(H,45,52)(H,57,58)(H,59,60)(H2,37,42,43)(H2,54,55,56)/t22-,23+,27+,28+,29-,35+/m0/s1. The van der Waals surface area contributed by atoms with E-state index in [-0.39, 0.29) is 48.2 Å². The second-order valence-corrected chi connectivity index (χ2v) is 21.1. The number of nitrogen functional groups attached to an aromatic ring is 1. The van der Waals surface area contributed by atoms with Crippen LogP contribution in [0.4, 0.5) is 5.82 Å². The summed E-state index contributed by atoms with van der Waals surface area (Å²) in [6, 6.07) is 7.51. The van der Waals surface area contributed by atoms with Gasteiger partial charge in [0.15, 0.2) is 17.7 Å². The van der Waals surface area contributed by atoms with Crippen molar-refractivity contribution in [2.45, 2.75) is 76.2 Å². The number of hydrogen-bond donors (Lipinski definition) is 12. The zero-order valence-corrected chi connectivity index (χ0v) is 40.5. The SMILES string of the molecule is CC(C)(COP(=O)(O)OP(=O)(O)OC[C@H]1O[C@@H](n2cnc3c(N)ncnc32)[C@H](O)[C@@H]1OP(=O)(O)O)[C@@H](O)C(=O)NCCC(=O)NCCSCC(=O)NCCCC[C@H](NC(=O)c1ccccc1)C(N)=O. The number of aliphatic hydroxyl groups is 2. The molecular formula is C36H55N10O19P3S. The van der Waals surface area contributed by atoms with Gasteiger partial charge in [-0.3, -0.25) is 42.1 Å². The Morgan fingerprint density at radius 3 is 2.29 bits per heavy atom. The van der Waals surface area contributed by atoms with E-state index in [4.69, 9.17) is 25.3 Å². The second-order valence-electron chi connectivity index (χ2n) is 15.8. The molecule has 0 bridgehead atoms. The number of amides is 5. The highest BCUT2D eigenvalue weighted by molar-refractivity contribution is 7.99. The number of ether oxygens (including phenoxy) is 1. The quantitative estimate of drug-likeness (QED) is 0.0284. The molecule has 1 aromatic carbocycles. The fourth-order valence-corrected chi connectivity index (χ4v) is 9.74. The molecule has 4 rings (SSSR count). The van der Waals surface area contributed by atoms with E-state index in [1.54, 1.807) is 30.3 Å². The molecule has 3 aromatic rings. The molecule has 69 heavy (non-hydrogen) atoms. The number of phosphoric ester groups is 3. The predicted molar refractivity (Wildman–Crippen MR) is 241 cm³/mol. The Hall–Kier alpha value is -4.48. The van der Waals surface area contributed by atoms with Crippen LogP contribution >= 0.6 is 35.2 Å². The van der Waals surface area contributed by atoms with E-state index in [1.807, 2.05) is 0 Å². The highest BCUT2D eigenvalue weighted by Crippen LogP contribution is 2.61. The number of rotatable bonds is 29. The van der Waals surface area contributed by atoms with Gasteiger partial charge < -0.3 is 67.3 Å². The first-order valence-electron chi connectivity index (χ1n) is 20.7. The first-order valence-corrected chi connectivity index (χ1v) is 26.4. The average molecular weight is 1060 g/mol. The zero-order valence-electron chi connectivity index (χ0n) is 37.0. The van der Waals surface area contributed by atoms with Crippen LogP contribution in [-0.2, 0) is 55.5 Å². The number of thioether (sulfide) groups is 1. The summed E-state index contributed by atoms with van der Waals surface area (Å²) in [4.78, 5) is 112. The number of carbonyl (C=O) groups excluding carboxylic acids is 5. The van der Waals surface area contributed by atoms with Crippen molar-refractivity contribution in [3.8, 4) is 0 Å². The fraction of sp³-hybridized carbons (Fsp3) is 0.556. The van der Waals surface area contributed by atoms with Gasteiger partial charge in [0.2, 0.25) is 23.6 Å². The molecule has 14 N–H and O–H groups in total. The Morgan fingerprint density at radius 2 is 1.61 bits per heavy atom. The number of nitrogens with one attached hydrogen (secondary N) is 4. The van der Waals surface area contributed by atoms with Crippen LogP contribution in [0.1, 0.15) is 56.1 Å². The molecule has 29 nitrogen and oxygen atoms in total. The lowest BCUT2D eigenvalue weighted by molar-refractivity contribution is -0.137. The van der Waals surface area contributed by atoms with Gasteiger partial charge in [0.1, 0.15) is 42.3 Å². The van der Waals surface area contributed by atoms with Gasteiger partial charge in [0.25, 0.3) is 5.91 Å². The molecule has 0 saturated carbocycles. The maximum Gasteiger partial charge on any atom is 0.481 e. The van der Waals surface area contributed by atoms with Crippen molar-refractivity contribution in [1.29, 1.82) is 0 Å². The molecule has 1 fully saturated rings. The topological polar surface area (TPSA) is 448 Å².